The van der Waals surface area contributed by atoms with Crippen molar-refractivity contribution in [1.29, 1.82) is 0 Å². The molecular weight excluding hydrogens is 192 g/mol. The molecule has 0 aliphatic rings. The van der Waals surface area contributed by atoms with Crippen LogP contribution < -0.4 is 0 Å². The van der Waals surface area contributed by atoms with Crippen LogP contribution in [0.4, 0.5) is 0 Å². The van der Waals surface area contributed by atoms with E-state index < -0.39 is 6.10 Å². The van der Waals surface area contributed by atoms with Gasteiger partial charge in [0.2, 0.25) is 5.91 Å². The van der Waals surface area contributed by atoms with Gasteiger partial charge in [-0.25, -0.2) is 0 Å². The molecule has 0 saturated heterocycles. The lowest BCUT2D eigenvalue weighted by molar-refractivity contribution is -0.129. The zero-order valence-corrected chi connectivity index (χ0v) is 10.5. The minimum Gasteiger partial charge on any atom is -0.392 e. The largest absolute Gasteiger partial charge is 0.392 e. The Bertz CT molecular complexity index is 193. The second-order valence-corrected chi connectivity index (χ2v) is 4.51. The van der Waals surface area contributed by atoms with E-state index in [1.165, 1.54) is 0 Å². The van der Waals surface area contributed by atoms with E-state index in [4.69, 9.17) is 0 Å². The number of carbonyl (C=O) groups excluding carboxylic acids is 1. The molecule has 0 fully saturated rings. The van der Waals surface area contributed by atoms with Gasteiger partial charge in [-0.1, -0.05) is 0 Å². The van der Waals surface area contributed by atoms with E-state index in [1.54, 1.807) is 19.0 Å². The number of hydrogen-bond acceptors (Lipinski definition) is 3. The molecule has 0 aromatic rings. The van der Waals surface area contributed by atoms with Crippen molar-refractivity contribution in [2.24, 2.45) is 0 Å². The van der Waals surface area contributed by atoms with Crippen LogP contribution in [-0.2, 0) is 4.79 Å². The molecule has 0 aromatic carbocycles. The molecule has 0 aromatic heterocycles. The summed E-state index contributed by atoms with van der Waals surface area (Å²) in [4.78, 5) is 14.9. The van der Waals surface area contributed by atoms with Crippen molar-refractivity contribution in [2.75, 3.05) is 27.7 Å². The topological polar surface area (TPSA) is 43.8 Å². The van der Waals surface area contributed by atoms with Crippen LogP contribution in [0.15, 0.2) is 0 Å². The van der Waals surface area contributed by atoms with Gasteiger partial charge in [-0.15, -0.1) is 0 Å². The maximum atomic E-state index is 11.3. The summed E-state index contributed by atoms with van der Waals surface area (Å²) in [7, 11) is 5.44. The van der Waals surface area contributed by atoms with Crippen molar-refractivity contribution in [3.63, 3.8) is 0 Å². The Morgan fingerprint density at radius 2 is 1.80 bits per heavy atom. The molecule has 4 nitrogen and oxygen atoms in total. The first-order valence-corrected chi connectivity index (χ1v) is 5.43. The summed E-state index contributed by atoms with van der Waals surface area (Å²) >= 11 is 0. The normalized spacial score (nSPS) is 13.3. The summed E-state index contributed by atoms with van der Waals surface area (Å²) in [5.41, 5.74) is 0. The van der Waals surface area contributed by atoms with E-state index in [2.05, 4.69) is 18.7 Å². The highest BCUT2D eigenvalue weighted by atomic mass is 16.3. The summed E-state index contributed by atoms with van der Waals surface area (Å²) in [6, 6.07) is 0.421. The number of amides is 1. The Hall–Kier alpha value is -0.610. The number of carbonyl (C=O) groups is 1. The first-order chi connectivity index (χ1) is 6.84. The van der Waals surface area contributed by atoms with E-state index >= 15 is 0 Å². The lowest BCUT2D eigenvalue weighted by atomic mass is 10.1. The zero-order valence-electron chi connectivity index (χ0n) is 10.5. The number of nitrogens with zero attached hydrogens (tertiary/aromatic N) is 2. The average molecular weight is 216 g/mol. The molecule has 1 atom stereocenters. The van der Waals surface area contributed by atoms with Gasteiger partial charge in [0.25, 0.3) is 0 Å². The molecule has 1 amide bonds. The fourth-order valence-corrected chi connectivity index (χ4v) is 1.15. The molecule has 0 bridgehead atoms. The third kappa shape index (κ3) is 6.47. The summed E-state index contributed by atoms with van der Waals surface area (Å²) in [6.07, 6.45) is 0.537. The van der Waals surface area contributed by atoms with Crippen molar-refractivity contribution < 1.29 is 9.90 Å². The minimum atomic E-state index is -0.415. The average Bonchev–Trinajstić information content (AvgIpc) is 2.13. The van der Waals surface area contributed by atoms with E-state index in [0.29, 0.717) is 25.4 Å². The number of aliphatic hydroxyl groups excluding tert-OH is 1. The van der Waals surface area contributed by atoms with Crippen molar-refractivity contribution >= 4 is 5.91 Å². The lowest BCUT2D eigenvalue weighted by Crippen LogP contribution is -2.35. The van der Waals surface area contributed by atoms with Gasteiger partial charge >= 0.3 is 0 Å². The molecule has 1 N–H and O–H groups in total. The van der Waals surface area contributed by atoms with Crippen LogP contribution in [0, 0.1) is 0 Å². The third-order valence-corrected chi connectivity index (χ3v) is 2.57. The second kappa shape index (κ2) is 6.80. The summed E-state index contributed by atoms with van der Waals surface area (Å²) in [6.45, 7) is 4.79. The quantitative estimate of drug-likeness (QED) is 0.705. The zero-order chi connectivity index (χ0) is 12.0. The molecule has 90 valence electrons. The summed E-state index contributed by atoms with van der Waals surface area (Å²) < 4.78 is 0. The molecule has 0 heterocycles. The van der Waals surface area contributed by atoms with Gasteiger partial charge in [-0.3, -0.25) is 4.79 Å². The van der Waals surface area contributed by atoms with E-state index in [-0.39, 0.29) is 5.91 Å². The lowest BCUT2D eigenvalue weighted by Gasteiger charge is -2.24. The molecule has 4 heteroatoms. The maximum absolute atomic E-state index is 11.3. The van der Waals surface area contributed by atoms with Crippen LogP contribution in [0.1, 0.15) is 26.7 Å². The van der Waals surface area contributed by atoms with Crippen LogP contribution in [0.2, 0.25) is 0 Å². The molecule has 0 aliphatic carbocycles. The minimum absolute atomic E-state index is 0.0706. The van der Waals surface area contributed by atoms with Crippen LogP contribution in [0.25, 0.3) is 0 Å². The monoisotopic (exact) mass is 216 g/mol. The highest BCUT2D eigenvalue weighted by Gasteiger charge is 2.13. The van der Waals surface area contributed by atoms with Gasteiger partial charge in [-0.05, 0) is 27.3 Å². The Morgan fingerprint density at radius 1 is 1.27 bits per heavy atom. The summed E-state index contributed by atoms with van der Waals surface area (Å²) in [5, 5.41) is 9.69. The molecular formula is C11H24N2O2. The Morgan fingerprint density at radius 3 is 2.20 bits per heavy atom. The predicted molar refractivity (Wildman–Crippen MR) is 61.7 cm³/mol. The number of rotatable bonds is 6. The number of aliphatic hydroxyl groups is 1. The highest BCUT2D eigenvalue weighted by molar-refractivity contribution is 5.75. The van der Waals surface area contributed by atoms with Gasteiger partial charge < -0.3 is 14.9 Å². The van der Waals surface area contributed by atoms with Gasteiger partial charge in [0, 0.05) is 33.1 Å². The molecule has 0 radical (unpaired) electrons. The van der Waals surface area contributed by atoms with E-state index in [1.807, 2.05) is 7.05 Å². The smallest absolute Gasteiger partial charge is 0.222 e. The fraction of sp³-hybridized carbons (Fsp3) is 0.909. The van der Waals surface area contributed by atoms with Crippen molar-refractivity contribution in [1.82, 2.24) is 9.80 Å². The highest BCUT2D eigenvalue weighted by Crippen LogP contribution is 2.03. The van der Waals surface area contributed by atoms with Crippen LogP contribution >= 0.6 is 0 Å². The van der Waals surface area contributed by atoms with Crippen molar-refractivity contribution in [2.45, 2.75) is 38.8 Å². The molecule has 1 unspecified atom stereocenters. The van der Waals surface area contributed by atoms with Crippen molar-refractivity contribution in [3.8, 4) is 0 Å². The summed E-state index contributed by atoms with van der Waals surface area (Å²) in [5.74, 6) is 0.0706. The third-order valence-electron chi connectivity index (χ3n) is 2.57. The first kappa shape index (κ1) is 14.4. The number of likely N-dealkylation sites (N-methyl/N-ethyl adjacent to an activating group) is 1. The second-order valence-electron chi connectivity index (χ2n) is 4.51. The Kier molecular flexibility index (Phi) is 6.52. The van der Waals surface area contributed by atoms with E-state index in [9.17, 15) is 9.90 Å². The predicted octanol–water partition coefficient (Wildman–Crippen LogP) is 0.556. The fourth-order valence-electron chi connectivity index (χ4n) is 1.15. The molecule has 0 rings (SSSR count). The van der Waals surface area contributed by atoms with Crippen LogP contribution in [0.3, 0.4) is 0 Å². The maximum Gasteiger partial charge on any atom is 0.222 e. The molecule has 0 aliphatic heterocycles. The van der Waals surface area contributed by atoms with Gasteiger partial charge in [0.15, 0.2) is 0 Å². The Labute approximate surface area is 92.9 Å². The van der Waals surface area contributed by atoms with Crippen LogP contribution in [-0.4, -0.2) is 60.6 Å². The standard InChI is InChI=1S/C11H24N2O2/c1-9(2)13(5)8-10(14)6-7-11(15)12(3)4/h9-10,14H,6-8H2,1-5H3. The van der Waals surface area contributed by atoms with Crippen LogP contribution in [0.5, 0.6) is 0 Å². The van der Waals surface area contributed by atoms with E-state index in [0.717, 1.165) is 0 Å². The molecule has 15 heavy (non-hydrogen) atoms. The molecule has 0 saturated carbocycles. The van der Waals surface area contributed by atoms with Gasteiger partial charge in [0.1, 0.15) is 0 Å². The Balaban J connectivity index is 3.75. The number of hydrogen-bond donors (Lipinski definition) is 1. The van der Waals surface area contributed by atoms with Crippen molar-refractivity contribution in [3.05, 3.63) is 0 Å². The molecule has 0 spiro atoms. The van der Waals surface area contributed by atoms with Gasteiger partial charge in [-0.2, -0.15) is 0 Å². The first-order valence-electron chi connectivity index (χ1n) is 5.43. The van der Waals surface area contributed by atoms with Gasteiger partial charge in [0.05, 0.1) is 6.10 Å². The SMILES string of the molecule is CC(C)N(C)CC(O)CCC(=O)N(C)C.